The third kappa shape index (κ3) is 22.2. The van der Waals surface area contributed by atoms with E-state index in [0.29, 0.717) is 41.8 Å². The Balaban J connectivity index is 0.000000158. The standard InChI is InChI=1S/C25H33F2N9O3.C22H27F2N9O2.C15H20ClN5.C8H8FN5O2.C3H7IO.C3H6O/c1-14(37)13-39-21-9-17(26)19(10-20(21)36-24(38)34(4)32-33-36)30-23-28-12-18(27)22(31-23)29-15-8-16-6-5-7-35(16)25(2,3)11-15;1-22(2)10-12(7-13-5-4-6-32(13)22)26-19-15(24)11-25-20(28-19)27-16-9-17(18(34)8-14(16)23)33-21(35)31(3)29-30-33;1-15(2)8-10(7-11-5-4-6-21(11)15)19-13-12(17-3)9-18-14(16)20-13;1-13-8(16)14(12-11-13)6-3-5(10)4(9)2-7(6)15;1-3(5)2-4;1-3-2-4-3/h9-10,12,14-16,37H,5-8,11,13H2,1-4H3,(H2,28,29,30,31);8-9,11-13,34H,4-7,10H2,1-3H3,(H2,25,26,27,28);9-11H,4-8H2,1-2H3,(H,18,19,20);2-3,15H,10H2,1H3;3,5H,2H2,1H3;3H,2H2,1H3/t14-,15+,16-;12-,13+;10-,11+;;2*3-/m011.00/s1. The number of aliphatic hydroxyl groups excluding tert-OH is 2. The number of fused-ring (bicyclic) bond motifs is 3. The van der Waals surface area contributed by atoms with Crippen LogP contribution in [0.4, 0.5) is 74.1 Å². The van der Waals surface area contributed by atoms with Gasteiger partial charge in [-0.2, -0.15) is 38.1 Å². The fourth-order valence-electron chi connectivity index (χ4n) is 16.0. The van der Waals surface area contributed by atoms with Crippen LogP contribution in [0.15, 0.2) is 69.4 Å². The molecule has 7 fully saturated rings. The van der Waals surface area contributed by atoms with Crippen molar-refractivity contribution in [1.82, 2.24) is 104 Å². The van der Waals surface area contributed by atoms with Crippen molar-refractivity contribution < 1.29 is 51.9 Å². The summed E-state index contributed by atoms with van der Waals surface area (Å²) in [5, 5.41) is 74.8. The molecule has 9 aromatic rings. The molecule has 3 aromatic carbocycles. The lowest BCUT2D eigenvalue weighted by molar-refractivity contribution is 0.0498. The molecule has 7 saturated heterocycles. The van der Waals surface area contributed by atoms with E-state index in [4.69, 9.17) is 38.5 Å². The van der Waals surface area contributed by atoms with E-state index in [-0.39, 0.29) is 110 Å². The molecule has 7 aliphatic rings. The van der Waals surface area contributed by atoms with Gasteiger partial charge in [0.25, 0.3) is 0 Å². The number of phenolic OH excluding ortho intramolecular Hbond substituents is 2. The van der Waals surface area contributed by atoms with Gasteiger partial charge in [-0.3, -0.25) is 14.7 Å². The monoisotopic (exact) mass is 1810 g/mol. The maximum Gasteiger partial charge on any atom is 0.368 e. The number of nitrogens with one attached hydrogen (secondary N) is 5. The smallest absolute Gasteiger partial charge is 0.368 e. The highest BCUT2D eigenvalue weighted by atomic mass is 127. The van der Waals surface area contributed by atoms with Gasteiger partial charge in [-0.1, -0.05) is 22.6 Å². The number of epoxide rings is 1. The lowest BCUT2D eigenvalue weighted by Crippen LogP contribution is -2.55. The molecule has 0 bridgehead atoms. The number of phenols is 2. The van der Waals surface area contributed by atoms with E-state index < -0.39 is 63.8 Å². The summed E-state index contributed by atoms with van der Waals surface area (Å²) in [6, 6.07) is 8.20. The van der Waals surface area contributed by atoms with E-state index in [9.17, 15) is 47.3 Å². The topological polar surface area (TPSA) is 438 Å². The lowest BCUT2D eigenvalue weighted by Gasteiger charge is -2.48. The number of nitrogens with zero attached hydrogens (tertiary/aromatic N) is 22. The molecule has 0 unspecified atom stereocenters. The van der Waals surface area contributed by atoms with Gasteiger partial charge in [0.2, 0.25) is 22.9 Å². The number of nitrogen functional groups attached to an aromatic ring is 1. The first kappa shape index (κ1) is 90.4. The minimum Gasteiger partial charge on any atom is -0.506 e. The summed E-state index contributed by atoms with van der Waals surface area (Å²) < 4.78 is 88.7. The van der Waals surface area contributed by atoms with E-state index in [1.165, 1.54) is 65.8 Å². The number of piperidine rings is 3. The zero-order valence-corrected chi connectivity index (χ0v) is 71.4. The summed E-state index contributed by atoms with van der Waals surface area (Å²) >= 11 is 7.99. The first-order valence-corrected chi connectivity index (χ1v) is 41.1. The SMILES string of the molecule is C[C@H](O)CI.C[C@H](O)COc1cc(F)c(Nc2ncc(F)c(N[C@@H]3C[C@@H]4CCCN4C(C)(C)C3)n2)cc1-n1nnn(C)c1=O.C[C@H]1CO1.Cn1nnn(-c2cc(N)c(F)cc2O)c1=O.Cn1nnn(-c2cc(Nc3ncc(F)c(N[C@@H]4C[C@@H]5CCCN5C(C)(C)C4)n3)c(F)cc2O)c1=O.[C-]#[N+]c1cnc(Cl)nc1N[C@@H]1C[C@@H]2CCCN2C(C)(C)C1. The third-order valence-electron chi connectivity index (χ3n) is 21.5. The predicted octanol–water partition coefficient (Wildman–Crippen LogP) is 8.75. The second-order valence-electron chi connectivity index (χ2n) is 32.4. The number of aromatic nitrogens is 18. The van der Waals surface area contributed by atoms with Gasteiger partial charge in [0.15, 0.2) is 34.9 Å². The average molecular weight is 1810 g/mol. The summed E-state index contributed by atoms with van der Waals surface area (Å²) in [4.78, 5) is 71.8. The Kier molecular flexibility index (Phi) is 29.1. The molecule has 9 atom stereocenters. The van der Waals surface area contributed by atoms with Gasteiger partial charge in [-0.05, 0) is 220 Å². The molecule has 16 rings (SSSR count). The zero-order chi connectivity index (χ0) is 87.0. The minimum atomic E-state index is -0.831. The number of alkyl halides is 1. The summed E-state index contributed by atoms with van der Waals surface area (Å²) in [7, 11) is 4.21. The number of aryl methyl sites for hydroxylation is 3. The number of hydrogen-bond donors (Lipinski definition) is 10. The number of anilines is 8. The van der Waals surface area contributed by atoms with Gasteiger partial charge in [-0.15, -0.1) is 0 Å². The first-order chi connectivity index (χ1) is 56.8. The molecule has 0 saturated carbocycles. The number of benzene rings is 3. The van der Waals surface area contributed by atoms with Crippen molar-refractivity contribution in [2.75, 3.05) is 69.6 Å². The maximum atomic E-state index is 15.1. The second-order valence-corrected chi connectivity index (χ2v) is 33.7. The number of rotatable bonds is 17. The lowest BCUT2D eigenvalue weighted by atomic mass is 9.84. The number of nitrogens with two attached hydrogens (primary N) is 1. The van der Waals surface area contributed by atoms with Gasteiger partial charge in [0, 0.05) is 103 Å². The highest BCUT2D eigenvalue weighted by molar-refractivity contribution is 14.1. The molecule has 0 spiro atoms. The van der Waals surface area contributed by atoms with E-state index in [1.807, 2.05) is 0 Å². The predicted molar refractivity (Wildman–Crippen MR) is 446 cm³/mol. The third-order valence-corrected chi connectivity index (χ3v) is 23.0. The van der Waals surface area contributed by atoms with E-state index in [0.717, 1.165) is 153 Å². The van der Waals surface area contributed by atoms with Crippen molar-refractivity contribution in [2.24, 2.45) is 21.1 Å². The zero-order valence-electron chi connectivity index (χ0n) is 68.5. The number of aromatic hydroxyl groups is 2. The molecule has 37 nitrogen and oxygen atoms in total. The molecular formula is C76H101ClF5IN28O9. The fourth-order valence-corrected chi connectivity index (χ4v) is 16.1. The van der Waals surface area contributed by atoms with Crippen molar-refractivity contribution in [3.05, 3.63) is 132 Å². The number of ether oxygens (including phenoxy) is 2. The summed E-state index contributed by atoms with van der Waals surface area (Å²) in [6.45, 7) is 30.2. The molecule has 0 radical (unpaired) electrons. The van der Waals surface area contributed by atoms with E-state index >= 15 is 4.39 Å². The van der Waals surface area contributed by atoms with E-state index in [2.05, 4.69) is 178 Å². The number of aliphatic hydroxyl groups is 2. The largest absolute Gasteiger partial charge is 0.506 e. The quantitative estimate of drug-likeness (QED) is 0.00595. The minimum absolute atomic E-state index is 0.00828. The van der Waals surface area contributed by atoms with E-state index in [1.54, 1.807) is 6.92 Å². The van der Waals surface area contributed by atoms with Gasteiger partial charge >= 0.3 is 17.1 Å². The van der Waals surface area contributed by atoms with Crippen molar-refractivity contribution >= 4 is 86.3 Å². The highest BCUT2D eigenvalue weighted by Crippen LogP contribution is 2.43. The molecule has 648 valence electrons. The van der Waals surface area contributed by atoms with Crippen LogP contribution >= 0.6 is 34.2 Å². The average Bonchev–Trinajstić information content (AvgIpc) is 1.60. The van der Waals surface area contributed by atoms with Crippen LogP contribution in [0.2, 0.25) is 5.28 Å². The van der Waals surface area contributed by atoms with Crippen molar-refractivity contribution in [3.8, 4) is 34.3 Å². The van der Waals surface area contributed by atoms with Crippen LogP contribution in [0.1, 0.15) is 139 Å². The molecule has 0 aliphatic carbocycles. The molecule has 6 aromatic heterocycles. The normalized spacial score (nSPS) is 21.5. The number of tetrazole rings is 3. The number of halogens is 7. The summed E-state index contributed by atoms with van der Waals surface area (Å²) in [5.41, 5.74) is 3.71. The van der Waals surface area contributed by atoms with Crippen LogP contribution in [0.3, 0.4) is 0 Å². The summed E-state index contributed by atoms with van der Waals surface area (Å²) in [6.07, 6.45) is 15.8. The van der Waals surface area contributed by atoms with Crippen molar-refractivity contribution in [1.29, 1.82) is 0 Å². The summed E-state index contributed by atoms with van der Waals surface area (Å²) in [5.74, 6) is -3.97. The Morgan fingerprint density at radius 3 is 1.35 bits per heavy atom. The van der Waals surface area contributed by atoms with Crippen molar-refractivity contribution in [3.63, 3.8) is 0 Å². The fraction of sp³-hybridized carbons (Fsp3) is 0.553. The Labute approximate surface area is 706 Å². The Morgan fingerprint density at radius 1 is 0.583 bits per heavy atom. The first-order valence-electron chi connectivity index (χ1n) is 39.2. The number of hydrogen-bond acceptors (Lipinski definition) is 30. The Morgan fingerprint density at radius 2 is 0.967 bits per heavy atom. The van der Waals surface area contributed by atoms with Crippen LogP contribution in [0.5, 0.6) is 17.2 Å². The molecule has 11 N–H and O–H groups in total. The molecule has 120 heavy (non-hydrogen) atoms. The van der Waals surface area contributed by atoms with Gasteiger partial charge < -0.3 is 62.2 Å². The molecule has 13 heterocycles. The van der Waals surface area contributed by atoms with Crippen LogP contribution in [-0.2, 0) is 25.9 Å². The second kappa shape index (κ2) is 38.6. The van der Waals surface area contributed by atoms with Crippen LogP contribution < -0.4 is 54.1 Å². The Bertz CT molecular complexity index is 5310. The maximum absolute atomic E-state index is 15.1. The van der Waals surface area contributed by atoms with Crippen molar-refractivity contribution in [2.45, 2.75) is 211 Å². The van der Waals surface area contributed by atoms with Crippen LogP contribution in [0, 0.1) is 35.7 Å². The molecule has 0 amide bonds. The van der Waals surface area contributed by atoms with Gasteiger partial charge in [0.1, 0.15) is 52.6 Å². The van der Waals surface area contributed by atoms with Gasteiger partial charge in [0.05, 0.1) is 60.9 Å². The van der Waals surface area contributed by atoms with Crippen LogP contribution in [0.25, 0.3) is 21.9 Å². The van der Waals surface area contributed by atoms with Crippen LogP contribution in [-0.4, -0.2) is 233 Å². The van der Waals surface area contributed by atoms with Gasteiger partial charge in [-0.25, -0.2) is 61.1 Å². The highest BCUT2D eigenvalue weighted by Gasteiger charge is 2.46. The molecule has 7 aliphatic heterocycles. The molecule has 44 heteroatoms. The Hall–Kier alpha value is -10.4. The molecular weight excluding hydrogens is 1710 g/mol.